The summed E-state index contributed by atoms with van der Waals surface area (Å²) < 4.78 is 12.6. The van der Waals surface area contributed by atoms with Crippen LogP contribution in [0.4, 0.5) is 0 Å². The summed E-state index contributed by atoms with van der Waals surface area (Å²) in [4.78, 5) is 0. The molecule has 0 spiro atoms. The predicted molar refractivity (Wildman–Crippen MR) is 160 cm³/mol. The van der Waals surface area contributed by atoms with E-state index >= 15 is 0 Å². The van der Waals surface area contributed by atoms with Gasteiger partial charge in [0.1, 0.15) is 0 Å². The molecular formula is C31H33BBrO2P. The van der Waals surface area contributed by atoms with E-state index in [4.69, 9.17) is 9.31 Å². The van der Waals surface area contributed by atoms with E-state index in [2.05, 4.69) is 158 Å². The van der Waals surface area contributed by atoms with Crippen LogP contribution in [0.15, 0.2) is 115 Å². The van der Waals surface area contributed by atoms with Crippen molar-refractivity contribution in [3.8, 4) is 0 Å². The van der Waals surface area contributed by atoms with Crippen molar-refractivity contribution in [1.29, 1.82) is 0 Å². The van der Waals surface area contributed by atoms with Crippen LogP contribution in [0.2, 0.25) is 0 Å². The van der Waals surface area contributed by atoms with Crippen LogP contribution >= 0.6 is 20.8 Å². The minimum atomic E-state index is -3.03. The fourth-order valence-electron chi connectivity index (χ4n) is 5.04. The first-order valence-electron chi connectivity index (χ1n) is 12.5. The third-order valence-electron chi connectivity index (χ3n) is 7.87. The van der Waals surface area contributed by atoms with Crippen molar-refractivity contribution < 1.29 is 9.31 Å². The molecule has 0 atom stereocenters. The van der Waals surface area contributed by atoms with Crippen molar-refractivity contribution in [3.63, 3.8) is 0 Å². The standard InChI is InChI=1S/C31H33BBrO2P/c1-30(2)31(3,4)35-32(34-30)26-22-20-25(21-23-26)24-36(33,27-14-8-5-9-15-27,28-16-10-6-11-17-28)29-18-12-7-13-19-29/h5-23H,24H2,1-4H3. The van der Waals surface area contributed by atoms with Gasteiger partial charge in [-0.15, -0.1) is 0 Å². The number of halogens is 1. The Balaban J connectivity index is 1.62. The Morgan fingerprint density at radius 2 is 0.944 bits per heavy atom. The van der Waals surface area contributed by atoms with Gasteiger partial charge in [0.05, 0.1) is 0 Å². The van der Waals surface area contributed by atoms with Gasteiger partial charge >= 0.3 is 224 Å². The van der Waals surface area contributed by atoms with E-state index < -0.39 is 5.31 Å². The van der Waals surface area contributed by atoms with Gasteiger partial charge in [-0.25, -0.2) is 0 Å². The van der Waals surface area contributed by atoms with Gasteiger partial charge < -0.3 is 0 Å². The quantitative estimate of drug-likeness (QED) is 0.203. The van der Waals surface area contributed by atoms with Gasteiger partial charge in [-0.2, -0.15) is 0 Å². The Bertz CT molecular complexity index is 1210. The Labute approximate surface area is 223 Å². The van der Waals surface area contributed by atoms with E-state index in [0.29, 0.717) is 0 Å². The molecule has 0 amide bonds. The summed E-state index contributed by atoms with van der Waals surface area (Å²) in [5.41, 5.74) is 1.60. The van der Waals surface area contributed by atoms with Gasteiger partial charge in [0.2, 0.25) is 0 Å². The van der Waals surface area contributed by atoms with E-state index in [0.717, 1.165) is 11.6 Å². The first-order chi connectivity index (χ1) is 17.1. The topological polar surface area (TPSA) is 18.5 Å². The monoisotopic (exact) mass is 558 g/mol. The van der Waals surface area contributed by atoms with Crippen LogP contribution in [0.5, 0.6) is 0 Å². The van der Waals surface area contributed by atoms with E-state index in [9.17, 15) is 0 Å². The van der Waals surface area contributed by atoms with Crippen LogP contribution in [-0.2, 0) is 15.5 Å². The molecule has 4 aromatic carbocycles. The summed E-state index contributed by atoms with van der Waals surface area (Å²) in [6, 6.07) is 41.5. The molecule has 4 aromatic rings. The summed E-state index contributed by atoms with van der Waals surface area (Å²) >= 11 is 4.55. The SMILES string of the molecule is CC1(C)OB(c2ccc(CP(Br)(c3ccccc3)(c3ccccc3)c3ccccc3)cc2)OC1(C)C. The van der Waals surface area contributed by atoms with Crippen molar-refractivity contribution in [2.75, 3.05) is 0 Å². The van der Waals surface area contributed by atoms with Gasteiger partial charge in [-0.3, -0.25) is 0 Å². The summed E-state index contributed by atoms with van der Waals surface area (Å²) in [5, 5.41) is 0.918. The molecule has 1 saturated heterocycles. The molecule has 0 saturated carbocycles. The Morgan fingerprint density at radius 1 is 0.583 bits per heavy atom. The molecule has 5 rings (SSSR count). The van der Waals surface area contributed by atoms with Crippen LogP contribution in [0.3, 0.4) is 0 Å². The normalized spacial score (nSPS) is 17.9. The molecule has 2 nitrogen and oxygen atoms in total. The van der Waals surface area contributed by atoms with Gasteiger partial charge in [0, 0.05) is 0 Å². The van der Waals surface area contributed by atoms with E-state index in [-0.39, 0.29) is 18.3 Å². The molecule has 0 aromatic heterocycles. The molecule has 0 N–H and O–H groups in total. The third kappa shape index (κ3) is 4.19. The van der Waals surface area contributed by atoms with Crippen LogP contribution < -0.4 is 21.4 Å². The van der Waals surface area contributed by atoms with Crippen molar-refractivity contribution in [2.24, 2.45) is 0 Å². The summed E-state index contributed by atoms with van der Waals surface area (Å²) in [5.74, 6) is 0. The molecule has 1 aliphatic rings. The molecule has 0 radical (unpaired) electrons. The number of hydrogen-bond donors (Lipinski definition) is 0. The summed E-state index contributed by atoms with van der Waals surface area (Å²) in [6.07, 6.45) is 0.854. The average molecular weight is 559 g/mol. The van der Waals surface area contributed by atoms with Crippen LogP contribution in [-0.4, -0.2) is 18.3 Å². The molecule has 5 heteroatoms. The number of benzene rings is 4. The van der Waals surface area contributed by atoms with Gasteiger partial charge in [-0.05, 0) is 0 Å². The number of hydrogen-bond acceptors (Lipinski definition) is 2. The zero-order valence-electron chi connectivity index (χ0n) is 21.4. The predicted octanol–water partition coefficient (Wildman–Crippen LogP) is 6.33. The van der Waals surface area contributed by atoms with Gasteiger partial charge in [0.15, 0.2) is 0 Å². The maximum atomic E-state index is 6.30. The molecule has 0 unspecified atom stereocenters. The first-order valence-corrected chi connectivity index (χ1v) is 16.9. The molecule has 36 heavy (non-hydrogen) atoms. The van der Waals surface area contributed by atoms with Crippen molar-refractivity contribution in [2.45, 2.75) is 45.1 Å². The molecular weight excluding hydrogens is 526 g/mol. The fourth-order valence-corrected chi connectivity index (χ4v) is 12.8. The van der Waals surface area contributed by atoms with Crippen LogP contribution in [0, 0.1) is 0 Å². The zero-order chi connectivity index (χ0) is 25.5. The first kappa shape index (κ1) is 25.4. The second-order valence-electron chi connectivity index (χ2n) is 10.7. The van der Waals surface area contributed by atoms with Crippen LogP contribution in [0.1, 0.15) is 33.3 Å². The van der Waals surface area contributed by atoms with E-state index in [1.54, 1.807) is 0 Å². The summed E-state index contributed by atoms with van der Waals surface area (Å²) in [6.45, 7) is 8.37. The number of rotatable bonds is 6. The maximum absolute atomic E-state index is 6.30. The fraction of sp³-hybridized carbons (Fsp3) is 0.226. The second kappa shape index (κ2) is 9.26. The third-order valence-corrected chi connectivity index (χ3v) is 17.4. The molecule has 0 aliphatic carbocycles. The average Bonchev–Trinajstić information content (AvgIpc) is 3.12. The zero-order valence-corrected chi connectivity index (χ0v) is 23.9. The van der Waals surface area contributed by atoms with Crippen molar-refractivity contribution in [1.82, 2.24) is 0 Å². The van der Waals surface area contributed by atoms with Crippen molar-refractivity contribution in [3.05, 3.63) is 121 Å². The molecule has 1 heterocycles. The Hall–Kier alpha value is -2.23. The van der Waals surface area contributed by atoms with Crippen molar-refractivity contribution >= 4 is 49.3 Å². The van der Waals surface area contributed by atoms with Gasteiger partial charge in [-0.1, -0.05) is 0 Å². The molecule has 184 valence electrons. The van der Waals surface area contributed by atoms with Gasteiger partial charge in [0.25, 0.3) is 0 Å². The Kier molecular flexibility index (Phi) is 6.54. The van der Waals surface area contributed by atoms with E-state index in [1.807, 2.05) is 0 Å². The minimum absolute atomic E-state index is 0.355. The summed E-state index contributed by atoms with van der Waals surface area (Å²) in [7, 11) is -0.361. The Morgan fingerprint density at radius 3 is 1.31 bits per heavy atom. The molecule has 1 aliphatic heterocycles. The van der Waals surface area contributed by atoms with E-state index in [1.165, 1.54) is 21.5 Å². The molecule has 0 bridgehead atoms. The second-order valence-corrected chi connectivity index (χ2v) is 19.6. The van der Waals surface area contributed by atoms with Crippen LogP contribution in [0.25, 0.3) is 0 Å². The molecule has 1 fully saturated rings.